The van der Waals surface area contributed by atoms with Gasteiger partial charge in [0.25, 0.3) is 0 Å². The molecule has 0 aliphatic carbocycles. The average molecular weight is 454 g/mol. The summed E-state index contributed by atoms with van der Waals surface area (Å²) in [5, 5.41) is 14.7. The minimum absolute atomic E-state index is 0.0416. The Labute approximate surface area is 180 Å². The predicted octanol–water partition coefficient (Wildman–Crippen LogP) is 4.23. The molecular weight excluding hydrogens is 439 g/mol. The second-order valence-corrected chi connectivity index (χ2v) is 7.63. The van der Waals surface area contributed by atoms with Gasteiger partial charge in [0.2, 0.25) is 5.88 Å². The van der Waals surface area contributed by atoms with E-state index < -0.39 is 17.2 Å². The quantitative estimate of drug-likeness (QED) is 0.581. The molecule has 0 saturated carbocycles. The van der Waals surface area contributed by atoms with Gasteiger partial charge in [0.15, 0.2) is 5.52 Å². The molecule has 11 heteroatoms. The molecule has 156 valence electrons. The van der Waals surface area contributed by atoms with E-state index in [1.807, 2.05) is 0 Å². The Balaban J connectivity index is 2.19. The Bertz CT molecular complexity index is 1190. The summed E-state index contributed by atoms with van der Waals surface area (Å²) in [5.74, 6) is 0.243. The number of hydrogen-bond acceptors (Lipinski definition) is 5. The van der Waals surface area contributed by atoms with E-state index >= 15 is 0 Å². The van der Waals surface area contributed by atoms with Crippen LogP contribution in [0.5, 0.6) is 5.88 Å². The zero-order valence-electron chi connectivity index (χ0n) is 15.8. The van der Waals surface area contributed by atoms with Gasteiger partial charge in [0.1, 0.15) is 10.5 Å². The number of nitrogens with zero attached hydrogens (tertiary/aromatic N) is 4. The molecule has 1 aromatic carbocycles. The first-order chi connectivity index (χ1) is 14.0. The highest BCUT2D eigenvalue weighted by atomic mass is 35.5. The van der Waals surface area contributed by atoms with Crippen molar-refractivity contribution in [3.05, 3.63) is 52.2 Å². The molecule has 6 nitrogen and oxygen atoms in total. The Morgan fingerprint density at radius 2 is 2.07 bits per heavy atom. The maximum atomic E-state index is 13.3. The molecule has 2 heterocycles. The molecule has 3 aromatic rings. The van der Waals surface area contributed by atoms with Crippen molar-refractivity contribution >= 4 is 39.8 Å². The summed E-state index contributed by atoms with van der Waals surface area (Å²) < 4.78 is 46.7. The number of nitriles is 1. The number of halogens is 4. The van der Waals surface area contributed by atoms with E-state index in [1.54, 1.807) is 6.07 Å². The standard InChI is InChI=1S/C19H15ClF3N5OS/c1-18(8-24,13-5-10(19(21,22)23)3-4-12(13)16(25)30)9-28-17(29-2)15-14(27-28)6-11(20)7-26-15/h3-7H,9H2,1-2H3,(H2,25,30). The lowest BCUT2D eigenvalue weighted by atomic mass is 9.80. The molecule has 2 N–H and O–H groups in total. The minimum atomic E-state index is -4.60. The van der Waals surface area contributed by atoms with Gasteiger partial charge in [-0.25, -0.2) is 9.67 Å². The lowest BCUT2D eigenvalue weighted by molar-refractivity contribution is -0.137. The van der Waals surface area contributed by atoms with Gasteiger partial charge in [-0.15, -0.1) is 0 Å². The van der Waals surface area contributed by atoms with Crippen molar-refractivity contribution in [2.45, 2.75) is 25.1 Å². The third kappa shape index (κ3) is 3.91. The van der Waals surface area contributed by atoms with E-state index in [0.29, 0.717) is 16.1 Å². The van der Waals surface area contributed by atoms with Gasteiger partial charge in [-0.3, -0.25) is 0 Å². The first-order valence-corrected chi connectivity index (χ1v) is 9.27. The SMILES string of the molecule is COc1c2ncc(Cl)cc2nn1CC(C)(C#N)c1cc(C(F)(F)F)ccc1C(N)=S. The van der Waals surface area contributed by atoms with Crippen LogP contribution in [0.15, 0.2) is 30.5 Å². The Kier molecular flexibility index (Phi) is 5.62. The summed E-state index contributed by atoms with van der Waals surface area (Å²) in [5.41, 5.74) is 4.38. The number of thiocarbonyl (C=S) groups is 1. The molecule has 0 spiro atoms. The summed E-state index contributed by atoms with van der Waals surface area (Å²) >= 11 is 11.0. The number of ether oxygens (including phenoxy) is 1. The monoisotopic (exact) mass is 453 g/mol. The number of nitrogens with two attached hydrogens (primary N) is 1. The first-order valence-electron chi connectivity index (χ1n) is 8.49. The number of benzene rings is 1. The van der Waals surface area contributed by atoms with Crippen LogP contribution < -0.4 is 10.5 Å². The zero-order valence-corrected chi connectivity index (χ0v) is 17.4. The molecule has 1 atom stereocenters. The van der Waals surface area contributed by atoms with E-state index in [0.717, 1.165) is 12.1 Å². The Morgan fingerprint density at radius 1 is 1.37 bits per heavy atom. The normalized spacial score (nSPS) is 13.6. The molecule has 1 unspecified atom stereocenters. The first kappa shape index (κ1) is 21.8. The highest BCUT2D eigenvalue weighted by Crippen LogP contribution is 2.37. The van der Waals surface area contributed by atoms with E-state index in [-0.39, 0.29) is 28.5 Å². The number of fused-ring (bicyclic) bond motifs is 1. The molecule has 0 saturated heterocycles. The van der Waals surface area contributed by atoms with Crippen LogP contribution in [-0.4, -0.2) is 26.9 Å². The smallest absolute Gasteiger partial charge is 0.416 e. The average Bonchev–Trinajstić information content (AvgIpc) is 3.02. The lowest BCUT2D eigenvalue weighted by Gasteiger charge is -2.26. The molecule has 30 heavy (non-hydrogen) atoms. The van der Waals surface area contributed by atoms with Crippen LogP contribution in [0.25, 0.3) is 11.0 Å². The molecule has 0 fully saturated rings. The second kappa shape index (κ2) is 7.74. The molecule has 0 bridgehead atoms. The maximum Gasteiger partial charge on any atom is 0.416 e. The summed E-state index contributed by atoms with van der Waals surface area (Å²) in [7, 11) is 1.40. The molecule has 0 radical (unpaired) electrons. The molecule has 3 rings (SSSR count). The van der Waals surface area contributed by atoms with Crippen LogP contribution in [0.1, 0.15) is 23.6 Å². The van der Waals surface area contributed by atoms with Gasteiger partial charge < -0.3 is 10.5 Å². The number of methoxy groups -OCH3 is 1. The van der Waals surface area contributed by atoms with Crippen LogP contribution in [0.3, 0.4) is 0 Å². The number of hydrogen-bond donors (Lipinski definition) is 1. The summed E-state index contributed by atoms with van der Waals surface area (Å²) in [4.78, 5) is 4.06. The number of rotatable bonds is 5. The van der Waals surface area contributed by atoms with Gasteiger partial charge in [-0.05, 0) is 30.7 Å². The van der Waals surface area contributed by atoms with Crippen molar-refractivity contribution in [2.24, 2.45) is 5.73 Å². The zero-order chi connectivity index (χ0) is 22.3. The van der Waals surface area contributed by atoms with E-state index in [4.69, 9.17) is 34.3 Å². The van der Waals surface area contributed by atoms with Crippen LogP contribution in [0.4, 0.5) is 13.2 Å². The maximum absolute atomic E-state index is 13.3. The topological polar surface area (TPSA) is 89.8 Å². The second-order valence-electron chi connectivity index (χ2n) is 6.75. The van der Waals surface area contributed by atoms with Crippen molar-refractivity contribution in [1.29, 1.82) is 5.26 Å². The Morgan fingerprint density at radius 3 is 2.63 bits per heavy atom. The van der Waals surface area contributed by atoms with E-state index in [9.17, 15) is 18.4 Å². The van der Waals surface area contributed by atoms with Crippen LogP contribution in [0, 0.1) is 11.3 Å². The van der Waals surface area contributed by atoms with Crippen molar-refractivity contribution in [3.8, 4) is 11.9 Å². The summed E-state index contributed by atoms with van der Waals surface area (Å²) in [6, 6.07) is 6.59. The van der Waals surface area contributed by atoms with E-state index in [2.05, 4.69) is 16.2 Å². The van der Waals surface area contributed by atoms with Crippen molar-refractivity contribution in [3.63, 3.8) is 0 Å². The fraction of sp³-hybridized carbons (Fsp3) is 0.263. The molecule has 2 aromatic heterocycles. The Hall–Kier alpha value is -2.90. The molecule has 0 aliphatic rings. The van der Waals surface area contributed by atoms with Crippen LogP contribution in [0.2, 0.25) is 5.02 Å². The number of aromatic nitrogens is 3. The molecular formula is C19H15ClF3N5OS. The van der Waals surface area contributed by atoms with E-state index in [1.165, 1.54) is 31.0 Å². The predicted molar refractivity (Wildman–Crippen MR) is 109 cm³/mol. The van der Waals surface area contributed by atoms with Gasteiger partial charge in [0.05, 0.1) is 35.7 Å². The van der Waals surface area contributed by atoms with Crippen molar-refractivity contribution in [1.82, 2.24) is 14.8 Å². The summed E-state index contributed by atoms with van der Waals surface area (Å²) in [6.07, 6.45) is -3.18. The third-order valence-corrected chi connectivity index (χ3v) is 5.04. The fourth-order valence-corrected chi connectivity index (χ4v) is 3.48. The van der Waals surface area contributed by atoms with Crippen LogP contribution in [-0.2, 0) is 18.1 Å². The van der Waals surface area contributed by atoms with Gasteiger partial charge in [-0.2, -0.15) is 23.5 Å². The minimum Gasteiger partial charge on any atom is -0.480 e. The molecule has 0 amide bonds. The lowest BCUT2D eigenvalue weighted by Crippen LogP contribution is -2.31. The fourth-order valence-electron chi connectivity index (χ4n) is 3.15. The summed E-state index contributed by atoms with van der Waals surface area (Å²) in [6.45, 7) is 1.34. The van der Waals surface area contributed by atoms with Gasteiger partial charge in [0, 0.05) is 11.8 Å². The van der Waals surface area contributed by atoms with Gasteiger partial charge in [-0.1, -0.05) is 29.9 Å². The third-order valence-electron chi connectivity index (χ3n) is 4.61. The largest absolute Gasteiger partial charge is 0.480 e. The number of alkyl halides is 3. The van der Waals surface area contributed by atoms with Crippen molar-refractivity contribution in [2.75, 3.05) is 7.11 Å². The van der Waals surface area contributed by atoms with Gasteiger partial charge >= 0.3 is 6.18 Å². The number of pyridine rings is 1. The van der Waals surface area contributed by atoms with Crippen LogP contribution >= 0.6 is 23.8 Å². The molecule has 0 aliphatic heterocycles. The van der Waals surface area contributed by atoms with Crippen molar-refractivity contribution < 1.29 is 17.9 Å². The highest BCUT2D eigenvalue weighted by molar-refractivity contribution is 7.80. The highest BCUT2D eigenvalue weighted by Gasteiger charge is 2.37.